The molecule has 0 aliphatic carbocycles. The summed E-state index contributed by atoms with van der Waals surface area (Å²) in [5, 5.41) is 7.37. The molecule has 1 saturated heterocycles. The fourth-order valence-electron chi connectivity index (χ4n) is 3.03. The number of hydrogen-bond donors (Lipinski definition) is 1. The van der Waals surface area contributed by atoms with Crippen LogP contribution in [0.25, 0.3) is 0 Å². The monoisotopic (exact) mass is 336 g/mol. The normalized spacial score (nSPS) is 16.2. The van der Waals surface area contributed by atoms with Crippen LogP contribution in [0.2, 0.25) is 0 Å². The fraction of sp³-hybridized carbons (Fsp3) is 0.529. The number of piperidine rings is 1. The molecule has 1 aromatic heterocycles. The first-order valence-corrected chi connectivity index (χ1v) is 8.06. The van der Waals surface area contributed by atoms with Crippen molar-refractivity contribution in [3.8, 4) is 0 Å². The van der Waals surface area contributed by atoms with Crippen LogP contribution in [0, 0.1) is 5.92 Å². The lowest BCUT2D eigenvalue weighted by Crippen LogP contribution is -2.36. The summed E-state index contributed by atoms with van der Waals surface area (Å²) in [7, 11) is 2.03. The Morgan fingerprint density at radius 2 is 1.96 bits per heavy atom. The maximum absolute atomic E-state index is 5.40. The molecule has 6 heteroatoms. The Labute approximate surface area is 143 Å². The molecule has 3 rings (SSSR count). The largest absolute Gasteiger partial charge is 0.338 e. The van der Waals surface area contributed by atoms with Crippen LogP contribution < -0.4 is 5.32 Å². The molecule has 1 aliphatic heterocycles. The highest BCUT2D eigenvalue weighted by molar-refractivity contribution is 5.85. The number of hydrogen-bond acceptors (Lipinski definition) is 5. The van der Waals surface area contributed by atoms with Crippen LogP contribution in [-0.4, -0.2) is 41.7 Å². The van der Waals surface area contributed by atoms with Crippen LogP contribution in [0.15, 0.2) is 34.9 Å². The Balaban J connectivity index is 0.00000192. The van der Waals surface area contributed by atoms with Crippen molar-refractivity contribution in [2.24, 2.45) is 5.92 Å². The standard InChI is InChI=1S/C17H24N4O.ClH/c1-18-12-15-7-9-21(10-8-15)13-17-19-16(20-22-17)11-14-5-3-2-4-6-14;/h2-6,15,18H,7-13H2,1H3;1H. The molecule has 0 unspecified atom stereocenters. The van der Waals surface area contributed by atoms with Gasteiger partial charge in [-0.05, 0) is 51.0 Å². The van der Waals surface area contributed by atoms with Gasteiger partial charge in [0.2, 0.25) is 5.89 Å². The molecule has 5 nitrogen and oxygen atoms in total. The summed E-state index contributed by atoms with van der Waals surface area (Å²) in [6, 6.07) is 10.3. The van der Waals surface area contributed by atoms with Crippen molar-refractivity contribution >= 4 is 12.4 Å². The minimum atomic E-state index is 0. The van der Waals surface area contributed by atoms with Gasteiger partial charge in [0.25, 0.3) is 0 Å². The van der Waals surface area contributed by atoms with Gasteiger partial charge in [-0.1, -0.05) is 35.5 Å². The molecule has 0 spiro atoms. The third-order valence-electron chi connectivity index (χ3n) is 4.27. The van der Waals surface area contributed by atoms with Crippen LogP contribution in [0.4, 0.5) is 0 Å². The third kappa shape index (κ3) is 5.30. The van der Waals surface area contributed by atoms with Gasteiger partial charge in [-0.2, -0.15) is 4.98 Å². The van der Waals surface area contributed by atoms with Gasteiger partial charge < -0.3 is 9.84 Å². The lowest BCUT2D eigenvalue weighted by Gasteiger charge is -2.30. The first-order valence-electron chi connectivity index (χ1n) is 8.06. The molecule has 0 bridgehead atoms. The number of nitrogens with zero attached hydrogens (tertiary/aromatic N) is 3. The van der Waals surface area contributed by atoms with Crippen molar-refractivity contribution < 1.29 is 4.52 Å². The summed E-state index contributed by atoms with van der Waals surface area (Å²) in [5.41, 5.74) is 1.21. The van der Waals surface area contributed by atoms with Gasteiger partial charge in [0.15, 0.2) is 5.82 Å². The summed E-state index contributed by atoms with van der Waals surface area (Å²) >= 11 is 0. The Morgan fingerprint density at radius 3 is 2.65 bits per heavy atom. The highest BCUT2D eigenvalue weighted by atomic mass is 35.5. The van der Waals surface area contributed by atoms with Crippen LogP contribution >= 0.6 is 12.4 Å². The molecule has 0 amide bonds. The van der Waals surface area contributed by atoms with E-state index in [1.807, 2.05) is 25.2 Å². The zero-order chi connectivity index (χ0) is 15.2. The van der Waals surface area contributed by atoms with Crippen molar-refractivity contribution in [1.29, 1.82) is 0 Å². The van der Waals surface area contributed by atoms with Crippen LogP contribution in [0.5, 0.6) is 0 Å². The zero-order valence-corrected chi connectivity index (χ0v) is 14.4. The third-order valence-corrected chi connectivity index (χ3v) is 4.27. The zero-order valence-electron chi connectivity index (χ0n) is 13.6. The Hall–Kier alpha value is -1.43. The predicted molar refractivity (Wildman–Crippen MR) is 92.7 cm³/mol. The Bertz CT molecular complexity index is 567. The summed E-state index contributed by atoms with van der Waals surface area (Å²) < 4.78 is 5.40. The number of halogens is 1. The second kappa shape index (κ2) is 9.01. The highest BCUT2D eigenvalue weighted by Crippen LogP contribution is 2.18. The van der Waals surface area contributed by atoms with E-state index in [0.29, 0.717) is 0 Å². The van der Waals surface area contributed by atoms with Crippen LogP contribution in [0.3, 0.4) is 0 Å². The molecule has 0 atom stereocenters. The van der Waals surface area contributed by atoms with Crippen LogP contribution in [-0.2, 0) is 13.0 Å². The van der Waals surface area contributed by atoms with E-state index < -0.39 is 0 Å². The molecule has 23 heavy (non-hydrogen) atoms. The minimum Gasteiger partial charge on any atom is -0.338 e. The summed E-state index contributed by atoms with van der Waals surface area (Å²) in [6.07, 6.45) is 3.21. The molecule has 0 radical (unpaired) electrons. The molecule has 1 aromatic carbocycles. The van der Waals surface area contributed by atoms with E-state index in [-0.39, 0.29) is 12.4 Å². The van der Waals surface area contributed by atoms with Crippen molar-refractivity contribution in [3.63, 3.8) is 0 Å². The second-order valence-corrected chi connectivity index (χ2v) is 6.04. The van der Waals surface area contributed by atoms with E-state index in [0.717, 1.165) is 50.2 Å². The van der Waals surface area contributed by atoms with E-state index in [2.05, 4.69) is 32.5 Å². The first kappa shape index (κ1) is 17.9. The summed E-state index contributed by atoms with van der Waals surface area (Å²) in [6.45, 7) is 4.12. The predicted octanol–water partition coefficient (Wildman–Crippen LogP) is 2.51. The molecule has 126 valence electrons. The van der Waals surface area contributed by atoms with Gasteiger partial charge in [-0.15, -0.1) is 12.4 Å². The number of rotatable bonds is 6. The summed E-state index contributed by atoms with van der Waals surface area (Å²) in [4.78, 5) is 6.93. The summed E-state index contributed by atoms with van der Waals surface area (Å²) in [5.74, 6) is 2.31. The average Bonchev–Trinajstić information content (AvgIpc) is 2.98. The molecular formula is C17H25ClN4O. The van der Waals surface area contributed by atoms with E-state index in [1.165, 1.54) is 18.4 Å². The average molecular weight is 337 g/mol. The van der Waals surface area contributed by atoms with Crippen molar-refractivity contribution in [2.75, 3.05) is 26.7 Å². The van der Waals surface area contributed by atoms with Gasteiger partial charge in [0, 0.05) is 6.42 Å². The molecule has 1 aliphatic rings. The molecule has 1 N–H and O–H groups in total. The lowest BCUT2D eigenvalue weighted by molar-refractivity contribution is 0.158. The maximum atomic E-state index is 5.40. The van der Waals surface area contributed by atoms with Gasteiger partial charge in [0.05, 0.1) is 6.54 Å². The van der Waals surface area contributed by atoms with Gasteiger partial charge in [-0.25, -0.2) is 0 Å². The topological polar surface area (TPSA) is 54.2 Å². The first-order chi connectivity index (χ1) is 10.8. The van der Waals surface area contributed by atoms with Gasteiger partial charge >= 0.3 is 0 Å². The minimum absolute atomic E-state index is 0. The smallest absolute Gasteiger partial charge is 0.240 e. The van der Waals surface area contributed by atoms with Crippen molar-refractivity contribution in [3.05, 3.63) is 47.6 Å². The number of likely N-dealkylation sites (tertiary alicyclic amines) is 1. The van der Waals surface area contributed by atoms with E-state index >= 15 is 0 Å². The highest BCUT2D eigenvalue weighted by Gasteiger charge is 2.20. The quantitative estimate of drug-likeness (QED) is 0.878. The molecular weight excluding hydrogens is 312 g/mol. The maximum Gasteiger partial charge on any atom is 0.240 e. The van der Waals surface area contributed by atoms with E-state index in [9.17, 15) is 0 Å². The Morgan fingerprint density at radius 1 is 1.22 bits per heavy atom. The van der Waals surface area contributed by atoms with Gasteiger partial charge in [-0.3, -0.25) is 4.90 Å². The number of benzene rings is 1. The second-order valence-electron chi connectivity index (χ2n) is 6.04. The molecule has 2 aromatic rings. The van der Waals surface area contributed by atoms with Crippen LogP contribution in [0.1, 0.15) is 30.1 Å². The van der Waals surface area contributed by atoms with E-state index in [1.54, 1.807) is 0 Å². The number of aromatic nitrogens is 2. The van der Waals surface area contributed by atoms with Gasteiger partial charge in [0.1, 0.15) is 0 Å². The van der Waals surface area contributed by atoms with Crippen molar-refractivity contribution in [2.45, 2.75) is 25.8 Å². The molecule has 1 fully saturated rings. The SMILES string of the molecule is CNCC1CCN(Cc2nc(Cc3ccccc3)no2)CC1.Cl. The lowest BCUT2D eigenvalue weighted by atomic mass is 9.97. The molecule has 0 saturated carbocycles. The van der Waals surface area contributed by atoms with E-state index in [4.69, 9.17) is 4.52 Å². The molecule has 2 heterocycles. The van der Waals surface area contributed by atoms with Crippen molar-refractivity contribution in [1.82, 2.24) is 20.4 Å². The number of nitrogens with one attached hydrogen (secondary N) is 1. The Kier molecular flexibility index (Phi) is 7.02. The fourth-order valence-corrected chi connectivity index (χ4v) is 3.03.